The molecule has 2 heterocycles. The van der Waals surface area contributed by atoms with E-state index in [1.807, 2.05) is 0 Å². The minimum absolute atomic E-state index is 0.0212. The van der Waals surface area contributed by atoms with Gasteiger partial charge < -0.3 is 75.1 Å². The summed E-state index contributed by atoms with van der Waals surface area (Å²) in [5.74, 6) is -1.38. The summed E-state index contributed by atoms with van der Waals surface area (Å²) < 4.78 is 22.9. The van der Waals surface area contributed by atoms with Crippen molar-refractivity contribution in [1.29, 1.82) is 0 Å². The molecule has 7 rings (SSSR count). The Bertz CT molecular complexity index is 1570. The maximum atomic E-state index is 14.8. The highest BCUT2D eigenvalue weighted by atomic mass is 16.7. The van der Waals surface area contributed by atoms with E-state index in [1.165, 1.54) is 0 Å². The Hall–Kier alpha value is -1.35. The van der Waals surface area contributed by atoms with Crippen molar-refractivity contribution in [2.75, 3.05) is 19.8 Å². The van der Waals surface area contributed by atoms with Gasteiger partial charge in [0.05, 0.1) is 43.5 Å². The van der Waals surface area contributed by atoms with Gasteiger partial charge in [0.15, 0.2) is 6.29 Å². The van der Waals surface area contributed by atoms with Crippen molar-refractivity contribution < 1.29 is 79.9 Å². The Morgan fingerprint density at radius 1 is 0.724 bits per heavy atom. The lowest BCUT2D eigenvalue weighted by Gasteiger charge is -2.72. The van der Waals surface area contributed by atoms with Gasteiger partial charge in [-0.25, -0.2) is 0 Å². The van der Waals surface area contributed by atoms with Gasteiger partial charge in [0.25, 0.3) is 0 Å². The maximum Gasteiger partial charge on any atom is 0.315 e. The van der Waals surface area contributed by atoms with Crippen molar-refractivity contribution in [2.45, 2.75) is 173 Å². The minimum atomic E-state index is -1.83. The first-order chi connectivity index (χ1) is 27.0. The average Bonchev–Trinajstić information content (AvgIpc) is 3.16. The standard InChI is InChI=1S/C42H68O16/c1-37(2)9-11-42(36(54)58-35-31(52)29(50)27(48)24(57-35)17-55-34-30(51)28(49)26(47)23(16-43)56-34)12-10-40(5)19(20(42)13-37)7-8-25-38(3)14-22(46)33(53)39(4,18-44)32(38)21(45)15-41(25,40)6/h7,20-35,43-53H,8-18H2,1-6H3/t20-,21+,22+,23+,24+,25+,26+,27+,28-,29-,30+,31+,32+,33-,34+,35-,38+,39-,40+,41+,42-/m0/s1. The molecule has 16 heteroatoms. The monoisotopic (exact) mass is 828 g/mol. The first-order valence-corrected chi connectivity index (χ1v) is 21.1. The summed E-state index contributed by atoms with van der Waals surface area (Å²) in [6.07, 6.45) is -13.1. The van der Waals surface area contributed by atoms with Gasteiger partial charge in [-0.3, -0.25) is 4.79 Å². The van der Waals surface area contributed by atoms with Gasteiger partial charge in [-0.1, -0.05) is 53.2 Å². The largest absolute Gasteiger partial charge is 0.432 e. The lowest BCUT2D eigenvalue weighted by Crippen LogP contribution is -2.71. The van der Waals surface area contributed by atoms with Crippen LogP contribution in [0.2, 0.25) is 0 Å². The third kappa shape index (κ3) is 6.49. The van der Waals surface area contributed by atoms with E-state index >= 15 is 0 Å². The molecule has 0 radical (unpaired) electrons. The Kier molecular flexibility index (Phi) is 11.7. The molecule has 0 amide bonds. The van der Waals surface area contributed by atoms with Crippen LogP contribution in [0.4, 0.5) is 0 Å². The van der Waals surface area contributed by atoms with Crippen LogP contribution in [-0.2, 0) is 23.7 Å². The van der Waals surface area contributed by atoms with Gasteiger partial charge in [-0.15, -0.1) is 0 Å². The molecule has 58 heavy (non-hydrogen) atoms. The molecule has 7 aliphatic rings. The second kappa shape index (κ2) is 15.2. The SMILES string of the molecule is CC1(C)CC[C@]2(C(=O)O[C@@H]3O[C@H](CO[C@@H]4O[C@H](CO)[C@@H](O)[C@H](O)[C@H]4O)[C@@H](O)[C@H](O)[C@H]3O)CC[C@]3(C)C(=CC[C@@H]4[C@@]5(C)C[C@@H](O)[C@H](O)[C@@](C)(CO)[C@@H]5[C@H](O)C[C@]43C)[C@@H]2C1. The number of allylic oxidation sites excluding steroid dienone is 2. The molecule has 2 aliphatic heterocycles. The van der Waals surface area contributed by atoms with Gasteiger partial charge in [0.1, 0.15) is 48.8 Å². The molecule has 0 aromatic carbocycles. The van der Waals surface area contributed by atoms with E-state index in [2.05, 4.69) is 40.7 Å². The second-order valence-corrected chi connectivity index (χ2v) is 20.9. The number of aliphatic hydroxyl groups is 11. The van der Waals surface area contributed by atoms with Crippen LogP contribution in [0.3, 0.4) is 0 Å². The Labute approximate surface area is 339 Å². The number of fused-ring (bicyclic) bond motifs is 7. The molecule has 2 saturated heterocycles. The molecule has 0 aromatic rings. The molecule has 21 atom stereocenters. The Morgan fingerprint density at radius 3 is 1.97 bits per heavy atom. The first kappa shape index (κ1) is 44.7. The van der Waals surface area contributed by atoms with E-state index in [0.29, 0.717) is 44.9 Å². The maximum absolute atomic E-state index is 14.8. The van der Waals surface area contributed by atoms with E-state index in [4.69, 9.17) is 18.9 Å². The van der Waals surface area contributed by atoms with E-state index in [-0.39, 0.29) is 30.3 Å². The van der Waals surface area contributed by atoms with E-state index in [9.17, 15) is 61.0 Å². The third-order valence-corrected chi connectivity index (χ3v) is 17.2. The van der Waals surface area contributed by atoms with Crippen LogP contribution in [-0.4, -0.2) is 162 Å². The number of hydrogen-bond acceptors (Lipinski definition) is 16. The van der Waals surface area contributed by atoms with Crippen molar-refractivity contribution in [3.8, 4) is 0 Å². The second-order valence-electron chi connectivity index (χ2n) is 20.9. The van der Waals surface area contributed by atoms with Crippen molar-refractivity contribution in [3.05, 3.63) is 11.6 Å². The highest BCUT2D eigenvalue weighted by Gasteiger charge is 2.72. The van der Waals surface area contributed by atoms with Crippen LogP contribution in [0.25, 0.3) is 0 Å². The normalized spacial score (nSPS) is 55.2. The zero-order valence-corrected chi connectivity index (χ0v) is 34.6. The van der Waals surface area contributed by atoms with Gasteiger partial charge in [-0.2, -0.15) is 0 Å². The summed E-state index contributed by atoms with van der Waals surface area (Å²) in [7, 11) is 0. The zero-order valence-electron chi connectivity index (χ0n) is 34.6. The van der Waals surface area contributed by atoms with E-state index in [0.717, 1.165) is 5.57 Å². The molecule has 0 bridgehead atoms. The van der Waals surface area contributed by atoms with Gasteiger partial charge >= 0.3 is 5.97 Å². The molecule has 0 spiro atoms. The number of carbonyl (C=O) groups excluding carboxylic acids is 1. The fourth-order valence-corrected chi connectivity index (χ4v) is 13.7. The summed E-state index contributed by atoms with van der Waals surface area (Å²) in [6, 6.07) is 0. The minimum Gasteiger partial charge on any atom is -0.432 e. The van der Waals surface area contributed by atoms with Crippen LogP contribution in [0, 0.1) is 50.2 Å². The molecule has 332 valence electrons. The summed E-state index contributed by atoms with van der Waals surface area (Å²) in [5.41, 5.74) is -2.78. The average molecular weight is 829 g/mol. The smallest absolute Gasteiger partial charge is 0.315 e. The molecule has 6 fully saturated rings. The van der Waals surface area contributed by atoms with Crippen LogP contribution in [0.5, 0.6) is 0 Å². The van der Waals surface area contributed by atoms with Crippen LogP contribution in [0.15, 0.2) is 11.6 Å². The summed E-state index contributed by atoms with van der Waals surface area (Å²) >= 11 is 0. The fraction of sp³-hybridized carbons (Fsp3) is 0.929. The molecule has 16 nitrogen and oxygen atoms in total. The van der Waals surface area contributed by atoms with E-state index < -0.39 is 132 Å². The third-order valence-electron chi connectivity index (χ3n) is 17.2. The molecule has 0 unspecified atom stereocenters. The molecule has 0 aromatic heterocycles. The van der Waals surface area contributed by atoms with Crippen LogP contribution < -0.4 is 0 Å². The number of hydrogen-bond donors (Lipinski definition) is 11. The fourth-order valence-electron chi connectivity index (χ4n) is 13.7. The highest BCUT2D eigenvalue weighted by molar-refractivity contribution is 5.79. The highest BCUT2D eigenvalue weighted by Crippen LogP contribution is 2.76. The Balaban J connectivity index is 1.15. The molecular weight excluding hydrogens is 760 g/mol. The van der Waals surface area contributed by atoms with Crippen molar-refractivity contribution in [3.63, 3.8) is 0 Å². The summed E-state index contributed by atoms with van der Waals surface area (Å²) in [5, 5.41) is 118. The van der Waals surface area contributed by atoms with Crippen LogP contribution in [0.1, 0.15) is 92.9 Å². The van der Waals surface area contributed by atoms with Gasteiger partial charge in [0, 0.05) is 11.3 Å². The number of esters is 1. The van der Waals surface area contributed by atoms with Gasteiger partial charge in [-0.05, 0) is 84.9 Å². The van der Waals surface area contributed by atoms with Crippen molar-refractivity contribution in [1.82, 2.24) is 0 Å². The topological polar surface area (TPSA) is 277 Å². The zero-order chi connectivity index (χ0) is 42.7. The number of carbonyl (C=O) groups is 1. The number of ether oxygens (including phenoxy) is 4. The number of aliphatic hydroxyl groups excluding tert-OH is 11. The first-order valence-electron chi connectivity index (χ1n) is 21.1. The molecule has 4 saturated carbocycles. The predicted molar refractivity (Wildman–Crippen MR) is 202 cm³/mol. The van der Waals surface area contributed by atoms with Crippen molar-refractivity contribution in [2.24, 2.45) is 50.2 Å². The lowest BCUT2D eigenvalue weighted by atomic mass is 9.33. The summed E-state index contributed by atoms with van der Waals surface area (Å²) in [6.45, 7) is 11.0. The lowest BCUT2D eigenvalue weighted by molar-refractivity contribution is -0.328. The predicted octanol–water partition coefficient (Wildman–Crippen LogP) is -0.770. The molecule has 11 N–H and O–H groups in total. The van der Waals surface area contributed by atoms with Gasteiger partial charge in [0.2, 0.25) is 6.29 Å². The number of rotatable bonds is 7. The van der Waals surface area contributed by atoms with Crippen LogP contribution >= 0.6 is 0 Å². The Morgan fingerprint density at radius 2 is 1.33 bits per heavy atom. The molecular formula is C42H68O16. The van der Waals surface area contributed by atoms with Crippen molar-refractivity contribution >= 4 is 5.97 Å². The molecule has 5 aliphatic carbocycles. The summed E-state index contributed by atoms with van der Waals surface area (Å²) in [4.78, 5) is 14.8. The quantitative estimate of drug-likeness (QED) is 0.111. The van der Waals surface area contributed by atoms with E-state index in [1.54, 1.807) is 6.92 Å².